The van der Waals surface area contributed by atoms with Crippen LogP contribution in [0.1, 0.15) is 50.4 Å². The van der Waals surface area contributed by atoms with E-state index in [1.54, 1.807) is 42.2 Å². The van der Waals surface area contributed by atoms with Crippen LogP contribution < -0.4 is 39.4 Å². The van der Waals surface area contributed by atoms with E-state index in [-0.39, 0.29) is 72.1 Å². The van der Waals surface area contributed by atoms with Crippen molar-refractivity contribution >= 4 is 92.8 Å². The van der Waals surface area contributed by atoms with Crippen LogP contribution in [0.3, 0.4) is 0 Å². The fraction of sp³-hybridized carbons (Fsp3) is 0.333. The molecule has 0 spiro atoms. The Kier molecular flexibility index (Phi) is 19.9. The molecule has 0 aromatic heterocycles. The van der Waals surface area contributed by atoms with Gasteiger partial charge in [0, 0.05) is 71.6 Å². The second kappa shape index (κ2) is 23.5. The van der Waals surface area contributed by atoms with E-state index in [0.29, 0.717) is 56.3 Å². The van der Waals surface area contributed by atoms with E-state index >= 15 is 0 Å². The molecule has 4 aromatic rings. The van der Waals surface area contributed by atoms with Crippen molar-refractivity contribution in [2.75, 3.05) is 42.5 Å². The summed E-state index contributed by atoms with van der Waals surface area (Å²) in [5, 5.41) is 7.36. The molecule has 2 heterocycles. The number of azide groups is 1. The molecule has 58 heavy (non-hydrogen) atoms. The number of carbonyl (C=O) groups is 2. The van der Waals surface area contributed by atoms with Gasteiger partial charge >= 0.3 is 29.6 Å². The van der Waals surface area contributed by atoms with Crippen molar-refractivity contribution in [2.24, 2.45) is 5.11 Å². The molecule has 0 bridgehead atoms. The molecule has 19 heteroatoms. The predicted molar refractivity (Wildman–Crippen MR) is 233 cm³/mol. The van der Waals surface area contributed by atoms with Crippen LogP contribution in [0.15, 0.2) is 90.0 Å². The summed E-state index contributed by atoms with van der Waals surface area (Å²) in [6.07, 6.45) is 0.842. The molecule has 300 valence electrons. The Morgan fingerprint density at radius 2 is 0.983 bits per heavy atom. The molecule has 2 fully saturated rings. The molecule has 2 aliphatic rings. The van der Waals surface area contributed by atoms with Crippen LogP contribution in [-0.4, -0.2) is 66.4 Å². The van der Waals surface area contributed by atoms with Gasteiger partial charge < -0.3 is 30.7 Å². The minimum absolute atomic E-state index is 0. The molecular weight excluding hydrogens is 876 g/mol. The van der Waals surface area contributed by atoms with E-state index in [2.05, 4.69) is 26.7 Å². The number of hydrogen-bond donors (Lipinski definition) is 0. The van der Waals surface area contributed by atoms with Gasteiger partial charge in [-0.3, -0.25) is 14.5 Å². The number of rotatable bonds is 7. The van der Waals surface area contributed by atoms with Gasteiger partial charge in [0.1, 0.15) is 0 Å². The van der Waals surface area contributed by atoms with Gasteiger partial charge in [0.15, 0.2) is 0 Å². The van der Waals surface area contributed by atoms with E-state index in [0.717, 1.165) is 28.9 Å². The number of anilines is 2. The summed E-state index contributed by atoms with van der Waals surface area (Å²) in [5.74, 6) is 0.0247. The minimum Gasteiger partial charge on any atom is -0.373 e. The van der Waals surface area contributed by atoms with Crippen LogP contribution in [0.25, 0.3) is 26.4 Å². The molecule has 0 aliphatic carbocycles. The van der Waals surface area contributed by atoms with Gasteiger partial charge in [-0.15, -0.1) is 0 Å². The van der Waals surface area contributed by atoms with Gasteiger partial charge in [0.2, 0.25) is 11.8 Å². The van der Waals surface area contributed by atoms with Gasteiger partial charge in [-0.1, -0.05) is 106 Å². The summed E-state index contributed by atoms with van der Waals surface area (Å²) in [6.45, 7) is 7.83. The van der Waals surface area contributed by atoms with Crippen molar-refractivity contribution in [3.63, 3.8) is 0 Å². The van der Waals surface area contributed by atoms with Crippen molar-refractivity contribution in [2.45, 2.75) is 51.4 Å². The Bertz CT molecular complexity index is 2100. The minimum atomic E-state index is -0.352. The molecular formula is C39H39Cl6N10NaO2. The van der Waals surface area contributed by atoms with Gasteiger partial charge in [0.25, 0.3) is 0 Å². The average Bonchev–Trinajstić information content (AvgIpc) is 3.17. The van der Waals surface area contributed by atoms with Crippen molar-refractivity contribution in [1.29, 1.82) is 0 Å². The SMILES string of the molecule is CC(=O)N1CCN(c2ccc(Cl)cc2Cl)[C@@H](c2ccc(Cl)cc2)C1CN=[N+]=[N-].CCC1[C@H](c2ccc(Cl)cc2)N(c2ccc(Cl)cc2Cl)CCN1C(C)=O.[N-]=[N+]=[N-].[Na+]. The number of carbonyl (C=O) groups excluding carboxylic acids is 2. The summed E-state index contributed by atoms with van der Waals surface area (Å²) < 4.78 is 0. The van der Waals surface area contributed by atoms with Gasteiger partial charge in [-0.25, -0.2) is 0 Å². The fourth-order valence-corrected chi connectivity index (χ4v) is 8.72. The van der Waals surface area contributed by atoms with E-state index in [1.807, 2.05) is 59.5 Å². The van der Waals surface area contributed by atoms with Crippen LogP contribution in [0, 0.1) is 0 Å². The number of nitrogens with zero attached hydrogens (tertiary/aromatic N) is 10. The molecule has 0 saturated carbocycles. The number of piperazine rings is 2. The largest absolute Gasteiger partial charge is 1.00 e. The zero-order valence-corrected chi connectivity index (χ0v) is 38.7. The van der Waals surface area contributed by atoms with E-state index < -0.39 is 0 Å². The first kappa shape index (κ1) is 49.1. The molecule has 4 aromatic carbocycles. The third-order valence-electron chi connectivity index (χ3n) is 9.79. The maximum atomic E-state index is 12.3. The third-order valence-corrected chi connectivity index (χ3v) is 11.4. The normalized spacial score (nSPS) is 18.6. The van der Waals surface area contributed by atoms with E-state index in [4.69, 9.17) is 86.2 Å². The Morgan fingerprint density at radius 3 is 1.33 bits per heavy atom. The van der Waals surface area contributed by atoms with Crippen molar-refractivity contribution < 1.29 is 39.1 Å². The molecule has 2 unspecified atom stereocenters. The molecule has 4 atom stereocenters. The summed E-state index contributed by atoms with van der Waals surface area (Å²) in [7, 11) is 0. The van der Waals surface area contributed by atoms with Gasteiger partial charge in [0.05, 0.1) is 45.6 Å². The van der Waals surface area contributed by atoms with Crippen molar-refractivity contribution in [1.82, 2.24) is 9.80 Å². The topological polar surface area (TPSA) is 155 Å². The number of benzene rings is 4. The first-order chi connectivity index (χ1) is 27.3. The molecule has 6 rings (SSSR count). The molecule has 0 N–H and O–H groups in total. The summed E-state index contributed by atoms with van der Waals surface area (Å²) in [5.41, 5.74) is 26.1. The molecule has 2 amide bonds. The summed E-state index contributed by atoms with van der Waals surface area (Å²) in [4.78, 5) is 37.0. The number of hydrogen-bond acceptors (Lipinski definition) is 5. The van der Waals surface area contributed by atoms with Crippen LogP contribution in [0.5, 0.6) is 0 Å². The fourth-order valence-electron chi connectivity index (χ4n) is 7.43. The van der Waals surface area contributed by atoms with Crippen molar-refractivity contribution in [3.8, 4) is 0 Å². The first-order valence-corrected chi connectivity index (χ1v) is 20.0. The zero-order chi connectivity index (χ0) is 41.8. The Morgan fingerprint density at radius 1 is 0.621 bits per heavy atom. The predicted octanol–water partition coefficient (Wildman–Crippen LogP) is 9.44. The maximum absolute atomic E-state index is 12.3. The maximum Gasteiger partial charge on any atom is 1.00 e. The quantitative estimate of drug-likeness (QED) is 0.0784. The molecule has 2 aliphatic heterocycles. The van der Waals surface area contributed by atoms with Crippen LogP contribution in [0.2, 0.25) is 30.1 Å². The second-order valence-corrected chi connectivity index (χ2v) is 15.6. The average molecular weight is 916 g/mol. The van der Waals surface area contributed by atoms with Crippen LogP contribution >= 0.6 is 69.6 Å². The molecule has 0 radical (unpaired) electrons. The molecule has 12 nitrogen and oxygen atoms in total. The van der Waals surface area contributed by atoms with Crippen molar-refractivity contribution in [3.05, 3.63) is 153 Å². The number of halogens is 6. The monoisotopic (exact) mass is 912 g/mol. The van der Waals surface area contributed by atoms with E-state index in [1.165, 1.54) is 11.8 Å². The standard InChI is InChI=1S/C20H21Cl3N2O.C19H18Cl3N5O.N3.Na/c1-3-18-20(14-4-6-15(21)7-5-14)25(11-10-24(18)13(2)26)19-9-8-16(22)12-17(19)23;1-12(28)26-8-9-27(17-7-6-15(21)10-16(17)22)19(18(26)11-24-25-23)13-2-4-14(20)5-3-13;1-3-2;/h4-9,12,18,20H,3,10-11H2,1-2H3;2-7,10,18-19H,8-9,11H2,1H3;;/q;;-1;+1/t18?,20-;18?,19-;;/m00../s1. The smallest absolute Gasteiger partial charge is 0.373 e. The zero-order valence-electron chi connectivity index (χ0n) is 32.2. The first-order valence-electron chi connectivity index (χ1n) is 17.7. The second-order valence-electron chi connectivity index (χ2n) is 13.0. The number of amides is 2. The van der Waals surface area contributed by atoms with Gasteiger partial charge in [-0.2, -0.15) is 0 Å². The van der Waals surface area contributed by atoms with Crippen LogP contribution in [0.4, 0.5) is 11.4 Å². The summed E-state index contributed by atoms with van der Waals surface area (Å²) in [6, 6.07) is 25.6. The van der Waals surface area contributed by atoms with Gasteiger partial charge in [-0.05, 0) is 83.7 Å². The molecule has 2 saturated heterocycles. The van der Waals surface area contributed by atoms with Crippen LogP contribution in [-0.2, 0) is 9.59 Å². The third kappa shape index (κ3) is 12.4. The summed E-state index contributed by atoms with van der Waals surface area (Å²) >= 11 is 37.3. The Hall–Kier alpha value is -3.22. The Balaban J connectivity index is 0.000000287. The Labute approximate surface area is 390 Å². The van der Waals surface area contributed by atoms with E-state index in [9.17, 15) is 9.59 Å².